The summed E-state index contributed by atoms with van der Waals surface area (Å²) >= 11 is 0. The van der Waals surface area contributed by atoms with E-state index in [9.17, 15) is 13.2 Å². The zero-order chi connectivity index (χ0) is 28.8. The first-order valence-electron chi connectivity index (χ1n) is 13.5. The lowest BCUT2D eigenvalue weighted by molar-refractivity contribution is -0.121. The van der Waals surface area contributed by atoms with E-state index in [0.29, 0.717) is 19.4 Å². The summed E-state index contributed by atoms with van der Waals surface area (Å²) in [6, 6.07) is 22.8. The van der Waals surface area contributed by atoms with E-state index < -0.39 is 10.0 Å². The van der Waals surface area contributed by atoms with Gasteiger partial charge in [0.2, 0.25) is 15.9 Å². The minimum Gasteiger partial charge on any atom is -0.356 e. The van der Waals surface area contributed by atoms with Gasteiger partial charge in [0.25, 0.3) is 0 Å². The average molecular weight is 560 g/mol. The number of aromatic nitrogens is 3. The molecule has 2 aromatic heterocycles. The number of hydrogen-bond acceptors (Lipinski definition) is 5. The van der Waals surface area contributed by atoms with E-state index in [1.165, 1.54) is 17.7 Å². The number of sulfonamides is 1. The summed E-state index contributed by atoms with van der Waals surface area (Å²) in [5.41, 5.74) is 6.00. The smallest absolute Gasteiger partial charge is 0.238 e. The minimum atomic E-state index is -3.70. The zero-order valence-electron chi connectivity index (χ0n) is 23.3. The molecule has 3 N–H and O–H groups in total. The fourth-order valence-corrected chi connectivity index (χ4v) is 4.95. The van der Waals surface area contributed by atoms with Gasteiger partial charge in [0.1, 0.15) is 5.69 Å². The van der Waals surface area contributed by atoms with Gasteiger partial charge in [-0.3, -0.25) is 9.78 Å². The number of rotatable bonds is 11. The van der Waals surface area contributed by atoms with Crippen LogP contribution < -0.4 is 10.5 Å². The summed E-state index contributed by atoms with van der Waals surface area (Å²) in [5.74, 6) is 0.00149. The van der Waals surface area contributed by atoms with Crippen LogP contribution in [-0.2, 0) is 33.1 Å². The van der Waals surface area contributed by atoms with Gasteiger partial charge in [-0.15, -0.1) is 0 Å². The van der Waals surface area contributed by atoms with Crippen molar-refractivity contribution in [3.8, 4) is 17.1 Å². The van der Waals surface area contributed by atoms with Crippen molar-refractivity contribution in [1.29, 1.82) is 0 Å². The Hall–Kier alpha value is -3.82. The molecule has 40 heavy (non-hydrogen) atoms. The quantitative estimate of drug-likeness (QED) is 0.252. The van der Waals surface area contributed by atoms with E-state index >= 15 is 0 Å². The normalized spacial score (nSPS) is 11.9. The predicted molar refractivity (Wildman–Crippen MR) is 158 cm³/mol. The lowest BCUT2D eigenvalue weighted by Crippen LogP contribution is -2.25. The van der Waals surface area contributed by atoms with E-state index in [0.717, 1.165) is 47.6 Å². The maximum atomic E-state index is 12.4. The maximum absolute atomic E-state index is 12.4. The molecule has 4 aromatic rings. The van der Waals surface area contributed by atoms with Crippen LogP contribution in [0.15, 0.2) is 83.9 Å². The topological polar surface area (TPSA) is 120 Å². The van der Waals surface area contributed by atoms with Crippen molar-refractivity contribution in [2.75, 3.05) is 6.54 Å². The van der Waals surface area contributed by atoms with Crippen LogP contribution in [0.25, 0.3) is 17.1 Å². The van der Waals surface area contributed by atoms with Gasteiger partial charge in [0, 0.05) is 24.9 Å². The van der Waals surface area contributed by atoms with Crippen molar-refractivity contribution >= 4 is 15.9 Å². The van der Waals surface area contributed by atoms with Crippen molar-refractivity contribution in [2.45, 2.75) is 63.2 Å². The number of primary sulfonamides is 1. The molecule has 1 amide bonds. The highest BCUT2D eigenvalue weighted by Crippen LogP contribution is 2.25. The molecule has 2 aromatic carbocycles. The van der Waals surface area contributed by atoms with Crippen LogP contribution in [-0.4, -0.2) is 35.6 Å². The lowest BCUT2D eigenvalue weighted by atomic mass is 9.87. The summed E-state index contributed by atoms with van der Waals surface area (Å²) in [7, 11) is -3.70. The Morgan fingerprint density at radius 3 is 2.27 bits per heavy atom. The third kappa shape index (κ3) is 7.86. The SMILES string of the molecule is CC(C)(C)c1ccc(-n2nc(-c3ccccn3)cc2CCCCC(=O)NCCc2ccc(S(N)(=O)=O)cc2)cc1. The van der Waals surface area contributed by atoms with E-state index in [-0.39, 0.29) is 16.2 Å². The molecule has 210 valence electrons. The molecule has 0 saturated heterocycles. The molecule has 0 aliphatic carbocycles. The van der Waals surface area contributed by atoms with Crippen molar-refractivity contribution in [2.24, 2.45) is 5.14 Å². The van der Waals surface area contributed by atoms with Gasteiger partial charge in [-0.25, -0.2) is 18.2 Å². The fourth-order valence-electron chi connectivity index (χ4n) is 4.44. The average Bonchev–Trinajstić information content (AvgIpc) is 3.35. The Labute approximate surface area is 236 Å². The first-order valence-corrected chi connectivity index (χ1v) is 15.0. The molecule has 9 heteroatoms. The number of aryl methyl sites for hydroxylation is 1. The number of nitrogens with zero attached hydrogens (tertiary/aromatic N) is 3. The summed E-state index contributed by atoms with van der Waals surface area (Å²) in [5, 5.41) is 13.0. The Morgan fingerprint density at radius 1 is 0.925 bits per heavy atom. The summed E-state index contributed by atoms with van der Waals surface area (Å²) < 4.78 is 24.7. The second kappa shape index (κ2) is 12.6. The first-order chi connectivity index (χ1) is 19.0. The molecule has 4 rings (SSSR count). The standard InChI is InChI=1S/C31H37N5O3S/c1-31(2,3)24-13-15-25(16-14-24)36-26(22-29(35-36)28-9-6-7-20-33-28)8-4-5-10-30(37)34-21-19-23-11-17-27(18-12-23)40(32,38)39/h6-7,9,11-18,20,22H,4-5,8,10,19,21H2,1-3H3,(H,34,37)(H2,32,38,39). The van der Waals surface area contributed by atoms with Gasteiger partial charge in [0.15, 0.2) is 0 Å². The Balaban J connectivity index is 1.33. The number of carbonyl (C=O) groups excluding carboxylic acids is 1. The summed E-state index contributed by atoms with van der Waals surface area (Å²) in [6.45, 7) is 7.08. The van der Waals surface area contributed by atoms with Crippen molar-refractivity contribution in [3.05, 3.63) is 95.8 Å². The molecular formula is C31H37N5O3S. The highest BCUT2D eigenvalue weighted by Gasteiger charge is 2.16. The van der Waals surface area contributed by atoms with Gasteiger partial charge in [-0.05, 0) is 84.7 Å². The summed E-state index contributed by atoms with van der Waals surface area (Å²) in [6.07, 6.45) is 5.19. The second-order valence-electron chi connectivity index (χ2n) is 10.9. The van der Waals surface area contributed by atoms with E-state index in [4.69, 9.17) is 10.2 Å². The van der Waals surface area contributed by atoms with Crippen molar-refractivity contribution in [1.82, 2.24) is 20.1 Å². The maximum Gasteiger partial charge on any atom is 0.238 e. The molecular weight excluding hydrogens is 522 g/mol. The van der Waals surface area contributed by atoms with Gasteiger partial charge in [-0.1, -0.05) is 51.1 Å². The minimum absolute atomic E-state index is 0.00149. The van der Waals surface area contributed by atoms with Crippen LogP contribution >= 0.6 is 0 Å². The number of nitrogens with two attached hydrogens (primary N) is 1. The molecule has 0 unspecified atom stereocenters. The number of benzene rings is 2. The predicted octanol–water partition coefficient (Wildman–Crippen LogP) is 4.95. The molecule has 0 bridgehead atoms. The molecule has 2 heterocycles. The molecule has 8 nitrogen and oxygen atoms in total. The second-order valence-corrected chi connectivity index (χ2v) is 12.5. The van der Waals surface area contributed by atoms with E-state index in [1.807, 2.05) is 22.9 Å². The van der Waals surface area contributed by atoms with Crippen LogP contribution in [0.5, 0.6) is 0 Å². The number of carbonyl (C=O) groups is 1. The highest BCUT2D eigenvalue weighted by atomic mass is 32.2. The Morgan fingerprint density at radius 2 is 1.65 bits per heavy atom. The first kappa shape index (κ1) is 29.2. The highest BCUT2D eigenvalue weighted by molar-refractivity contribution is 7.89. The largest absolute Gasteiger partial charge is 0.356 e. The molecule has 0 radical (unpaired) electrons. The number of amides is 1. The van der Waals surface area contributed by atoms with Crippen molar-refractivity contribution < 1.29 is 13.2 Å². The van der Waals surface area contributed by atoms with Crippen LogP contribution in [0.2, 0.25) is 0 Å². The molecule has 0 spiro atoms. The van der Waals surface area contributed by atoms with Crippen LogP contribution in [0.4, 0.5) is 0 Å². The van der Waals surface area contributed by atoms with Crippen LogP contribution in [0, 0.1) is 0 Å². The number of hydrogen-bond donors (Lipinski definition) is 2. The molecule has 0 saturated carbocycles. The van der Waals surface area contributed by atoms with E-state index in [1.54, 1.807) is 18.3 Å². The third-order valence-electron chi connectivity index (χ3n) is 6.76. The van der Waals surface area contributed by atoms with Crippen LogP contribution in [0.3, 0.4) is 0 Å². The van der Waals surface area contributed by atoms with E-state index in [2.05, 4.69) is 61.4 Å². The van der Waals surface area contributed by atoms with Crippen LogP contribution in [0.1, 0.15) is 56.9 Å². The molecule has 0 aliphatic rings. The van der Waals surface area contributed by atoms with Crippen molar-refractivity contribution in [3.63, 3.8) is 0 Å². The van der Waals surface area contributed by atoms with Gasteiger partial charge < -0.3 is 5.32 Å². The van der Waals surface area contributed by atoms with Gasteiger partial charge in [-0.2, -0.15) is 5.10 Å². The van der Waals surface area contributed by atoms with Gasteiger partial charge >= 0.3 is 0 Å². The Bertz CT molecular complexity index is 1520. The molecule has 0 aliphatic heterocycles. The number of pyridine rings is 1. The third-order valence-corrected chi connectivity index (χ3v) is 7.69. The molecule has 0 fully saturated rings. The Kier molecular flexibility index (Phi) is 9.17. The number of nitrogens with one attached hydrogen (secondary N) is 1. The van der Waals surface area contributed by atoms with Gasteiger partial charge in [0.05, 0.1) is 16.3 Å². The zero-order valence-corrected chi connectivity index (χ0v) is 24.1. The fraction of sp³-hybridized carbons (Fsp3) is 0.323. The molecule has 0 atom stereocenters. The summed E-state index contributed by atoms with van der Waals surface area (Å²) in [4.78, 5) is 16.9. The number of unbranched alkanes of at least 4 members (excludes halogenated alkanes) is 1. The monoisotopic (exact) mass is 559 g/mol. The lowest BCUT2D eigenvalue weighted by Gasteiger charge is -2.19.